The number of rotatable bonds is 0. The molecule has 1 heterocycles. The summed E-state index contributed by atoms with van der Waals surface area (Å²) in [6.07, 6.45) is 1.36. The largest absolute Gasteiger partial charge is 0.211 e. The number of nitrogens with zero attached hydrogens (tertiary/aromatic N) is 3. The molecule has 0 spiro atoms. The molecule has 0 aromatic carbocycles. The first-order chi connectivity index (χ1) is 3.79. The maximum Gasteiger partial charge on any atom is 0.188 e. The van der Waals surface area contributed by atoms with Gasteiger partial charge in [-0.05, 0) is 0 Å². The van der Waals surface area contributed by atoms with Gasteiger partial charge in [-0.15, -0.1) is 25.3 Å². The summed E-state index contributed by atoms with van der Waals surface area (Å²) in [5.41, 5.74) is 0. The van der Waals surface area contributed by atoms with Crippen molar-refractivity contribution in [3.63, 3.8) is 0 Å². The summed E-state index contributed by atoms with van der Waals surface area (Å²) in [4.78, 5) is 10.9. The van der Waals surface area contributed by atoms with Crippen LogP contribution in [-0.2, 0) is 0 Å². The molecule has 9 heavy (non-hydrogen) atoms. The van der Waals surface area contributed by atoms with Crippen LogP contribution in [0, 0.1) is 0 Å². The van der Waals surface area contributed by atoms with Crippen LogP contribution in [0.2, 0.25) is 0 Å². The van der Waals surface area contributed by atoms with Gasteiger partial charge in [0.05, 0.1) is 0 Å². The van der Waals surface area contributed by atoms with E-state index < -0.39 is 0 Å². The van der Waals surface area contributed by atoms with Crippen LogP contribution in [0.1, 0.15) is 0 Å². The SMILES string of the molecule is Sc1ncnc(S)n1.[Na]. The molecule has 0 saturated carbocycles. The molecular weight excluding hydrogens is 165 g/mol. The first-order valence-corrected chi connectivity index (χ1v) is 2.75. The topological polar surface area (TPSA) is 38.7 Å². The van der Waals surface area contributed by atoms with Gasteiger partial charge in [-0.2, -0.15) is 4.98 Å². The molecule has 1 rings (SSSR count). The Bertz CT molecular complexity index is 177. The minimum Gasteiger partial charge on any atom is -0.211 e. The van der Waals surface area contributed by atoms with Gasteiger partial charge in [0, 0.05) is 29.6 Å². The fraction of sp³-hybridized carbons (Fsp3) is 0. The van der Waals surface area contributed by atoms with Crippen molar-refractivity contribution >= 4 is 54.8 Å². The summed E-state index contributed by atoms with van der Waals surface area (Å²) < 4.78 is 0. The van der Waals surface area contributed by atoms with E-state index in [2.05, 4.69) is 40.2 Å². The minimum absolute atomic E-state index is 0. The summed E-state index contributed by atoms with van der Waals surface area (Å²) in [7, 11) is 0. The summed E-state index contributed by atoms with van der Waals surface area (Å²) in [6.45, 7) is 0. The third-order valence-electron chi connectivity index (χ3n) is 0.546. The standard InChI is InChI=1S/C3H3N3S2.Na/c7-2-4-1-5-3(8)6-2;/h1H,(H2,4,5,6,7,8);. The molecule has 1 radical (unpaired) electrons. The Balaban J connectivity index is 0.000000640. The summed E-state index contributed by atoms with van der Waals surface area (Å²) >= 11 is 7.69. The van der Waals surface area contributed by atoms with Crippen LogP contribution < -0.4 is 0 Å². The Kier molecular flexibility index (Phi) is 4.87. The molecular formula is C3H3N3NaS2. The molecule has 0 N–H and O–H groups in total. The van der Waals surface area contributed by atoms with Gasteiger partial charge in [0.15, 0.2) is 10.3 Å². The molecule has 0 bridgehead atoms. The van der Waals surface area contributed by atoms with Gasteiger partial charge in [-0.1, -0.05) is 0 Å². The quantitative estimate of drug-likeness (QED) is 0.425. The number of aromatic nitrogens is 3. The monoisotopic (exact) mass is 168 g/mol. The molecule has 0 saturated heterocycles. The molecule has 0 atom stereocenters. The van der Waals surface area contributed by atoms with Gasteiger partial charge in [0.1, 0.15) is 6.33 Å². The van der Waals surface area contributed by atoms with Crippen LogP contribution >= 0.6 is 25.3 Å². The molecule has 3 nitrogen and oxygen atoms in total. The molecule has 0 aliphatic carbocycles. The smallest absolute Gasteiger partial charge is 0.188 e. The van der Waals surface area contributed by atoms with E-state index in [1.54, 1.807) is 0 Å². The second-order valence-electron chi connectivity index (χ2n) is 1.09. The Morgan fingerprint density at radius 2 is 1.56 bits per heavy atom. The Morgan fingerprint density at radius 3 is 1.78 bits per heavy atom. The summed E-state index contributed by atoms with van der Waals surface area (Å²) in [5.74, 6) is 0. The fourth-order valence-corrected chi connectivity index (χ4v) is 0.651. The second-order valence-corrected chi connectivity index (χ2v) is 1.89. The van der Waals surface area contributed by atoms with Gasteiger partial charge < -0.3 is 0 Å². The van der Waals surface area contributed by atoms with Crippen molar-refractivity contribution in [3.8, 4) is 0 Å². The zero-order chi connectivity index (χ0) is 5.98. The third kappa shape index (κ3) is 3.42. The second kappa shape index (κ2) is 4.51. The van der Waals surface area contributed by atoms with E-state index in [4.69, 9.17) is 0 Å². The maximum absolute atomic E-state index is 3.84. The average Bonchev–Trinajstić information content (AvgIpc) is 1.64. The van der Waals surface area contributed by atoms with E-state index in [-0.39, 0.29) is 29.6 Å². The van der Waals surface area contributed by atoms with Crippen molar-refractivity contribution in [2.24, 2.45) is 0 Å². The summed E-state index contributed by atoms with van der Waals surface area (Å²) in [5, 5.41) is 0.787. The normalized spacial score (nSPS) is 8.22. The molecule has 0 unspecified atom stereocenters. The molecule has 6 heteroatoms. The zero-order valence-corrected chi connectivity index (χ0v) is 8.60. The molecule has 0 aliphatic rings. The third-order valence-corrected chi connectivity index (χ3v) is 0.977. The molecule has 0 fully saturated rings. The predicted octanol–water partition coefficient (Wildman–Crippen LogP) is 0.0682. The van der Waals surface area contributed by atoms with Crippen molar-refractivity contribution in [2.45, 2.75) is 10.3 Å². The first-order valence-electron chi connectivity index (χ1n) is 1.86. The van der Waals surface area contributed by atoms with Crippen LogP contribution in [-0.4, -0.2) is 44.5 Å². The number of hydrogen-bond donors (Lipinski definition) is 2. The van der Waals surface area contributed by atoms with Crippen LogP contribution in [0.3, 0.4) is 0 Å². The van der Waals surface area contributed by atoms with E-state index in [0.717, 1.165) is 0 Å². The van der Waals surface area contributed by atoms with Crippen molar-refractivity contribution in [1.82, 2.24) is 15.0 Å². The molecule has 1 aromatic rings. The van der Waals surface area contributed by atoms with Crippen molar-refractivity contribution < 1.29 is 0 Å². The first kappa shape index (κ1) is 9.71. The molecule has 0 aliphatic heterocycles. The van der Waals surface area contributed by atoms with E-state index >= 15 is 0 Å². The predicted molar refractivity (Wildman–Crippen MR) is 40.1 cm³/mol. The Labute approximate surface area is 85.8 Å². The van der Waals surface area contributed by atoms with E-state index in [0.29, 0.717) is 10.3 Å². The van der Waals surface area contributed by atoms with E-state index in [9.17, 15) is 0 Å². The van der Waals surface area contributed by atoms with Gasteiger partial charge in [0.2, 0.25) is 0 Å². The van der Waals surface area contributed by atoms with Crippen LogP contribution in [0.15, 0.2) is 16.6 Å². The molecule has 1 aromatic heterocycles. The fourth-order valence-electron chi connectivity index (χ4n) is 0.279. The minimum atomic E-state index is 0. The van der Waals surface area contributed by atoms with Crippen LogP contribution in [0.5, 0.6) is 0 Å². The van der Waals surface area contributed by atoms with E-state index in [1.807, 2.05) is 0 Å². The number of thiol groups is 2. The van der Waals surface area contributed by atoms with Crippen molar-refractivity contribution in [2.75, 3.05) is 0 Å². The average molecular weight is 168 g/mol. The summed E-state index contributed by atoms with van der Waals surface area (Å²) in [6, 6.07) is 0. The van der Waals surface area contributed by atoms with Crippen LogP contribution in [0.4, 0.5) is 0 Å². The van der Waals surface area contributed by atoms with Gasteiger partial charge in [0.25, 0.3) is 0 Å². The molecule has 43 valence electrons. The number of hydrogen-bond acceptors (Lipinski definition) is 5. The van der Waals surface area contributed by atoms with E-state index in [1.165, 1.54) is 6.33 Å². The van der Waals surface area contributed by atoms with Gasteiger partial charge in [-0.25, -0.2) is 9.97 Å². The van der Waals surface area contributed by atoms with Gasteiger partial charge >= 0.3 is 0 Å². The molecule has 0 amide bonds. The Morgan fingerprint density at radius 1 is 1.11 bits per heavy atom. The zero-order valence-electron chi connectivity index (χ0n) is 4.81. The Hall–Kier alpha value is 0.710. The van der Waals surface area contributed by atoms with Crippen LogP contribution in [0.25, 0.3) is 0 Å². The van der Waals surface area contributed by atoms with Gasteiger partial charge in [-0.3, -0.25) is 0 Å². The maximum atomic E-state index is 3.84. The van der Waals surface area contributed by atoms with Crippen molar-refractivity contribution in [1.29, 1.82) is 0 Å². The van der Waals surface area contributed by atoms with Crippen molar-refractivity contribution in [3.05, 3.63) is 6.33 Å².